The first-order chi connectivity index (χ1) is 7.59. The molecule has 6 heteroatoms. The van der Waals surface area contributed by atoms with Crippen LogP contribution in [0.3, 0.4) is 0 Å². The van der Waals surface area contributed by atoms with Crippen molar-refractivity contribution in [2.45, 2.75) is 6.92 Å². The summed E-state index contributed by atoms with van der Waals surface area (Å²) in [5.74, 6) is -0.194. The Morgan fingerprint density at radius 1 is 1.38 bits per heavy atom. The molecule has 0 bridgehead atoms. The molecule has 1 heterocycles. The summed E-state index contributed by atoms with van der Waals surface area (Å²) in [7, 11) is 0. The van der Waals surface area contributed by atoms with Gasteiger partial charge in [0, 0.05) is 10.6 Å². The lowest BCUT2D eigenvalue weighted by Crippen LogP contribution is -2.01. The molecule has 1 aromatic heterocycles. The standard InChI is InChI=1S/C10H6Cl2N2OS/c1-5-10(16-14-13-5)9(15)7-4-6(11)2-3-8(7)12/h2-4H,1H3. The fourth-order valence-electron chi connectivity index (χ4n) is 1.23. The Morgan fingerprint density at radius 2 is 2.12 bits per heavy atom. The fourth-order valence-corrected chi connectivity index (χ4v) is 2.22. The van der Waals surface area contributed by atoms with Crippen LogP contribution in [0.5, 0.6) is 0 Å². The van der Waals surface area contributed by atoms with E-state index >= 15 is 0 Å². The van der Waals surface area contributed by atoms with Gasteiger partial charge in [-0.1, -0.05) is 27.7 Å². The van der Waals surface area contributed by atoms with E-state index in [2.05, 4.69) is 9.59 Å². The lowest BCUT2D eigenvalue weighted by Gasteiger charge is -2.02. The summed E-state index contributed by atoms with van der Waals surface area (Å²) in [6, 6.07) is 4.78. The van der Waals surface area contributed by atoms with Gasteiger partial charge in [0.15, 0.2) is 0 Å². The number of aryl methyl sites for hydroxylation is 1. The average Bonchev–Trinajstić information content (AvgIpc) is 2.67. The molecule has 0 radical (unpaired) electrons. The number of aromatic nitrogens is 2. The summed E-state index contributed by atoms with van der Waals surface area (Å²) in [4.78, 5) is 12.6. The molecular weight excluding hydrogens is 267 g/mol. The molecule has 0 spiro atoms. The highest BCUT2D eigenvalue weighted by atomic mass is 35.5. The van der Waals surface area contributed by atoms with Crippen molar-refractivity contribution in [3.8, 4) is 0 Å². The van der Waals surface area contributed by atoms with Crippen LogP contribution in [-0.4, -0.2) is 15.4 Å². The molecule has 0 atom stereocenters. The lowest BCUT2D eigenvalue weighted by molar-refractivity contribution is 0.104. The highest BCUT2D eigenvalue weighted by molar-refractivity contribution is 7.08. The van der Waals surface area contributed by atoms with Crippen molar-refractivity contribution in [2.24, 2.45) is 0 Å². The third-order valence-electron chi connectivity index (χ3n) is 2.03. The summed E-state index contributed by atoms with van der Waals surface area (Å²) in [6.45, 7) is 1.73. The van der Waals surface area contributed by atoms with Gasteiger partial charge in [-0.25, -0.2) is 0 Å². The second kappa shape index (κ2) is 4.49. The Bertz CT molecular complexity index is 554. The van der Waals surface area contributed by atoms with Crippen LogP contribution in [0.15, 0.2) is 18.2 Å². The predicted octanol–water partition coefficient (Wildman–Crippen LogP) is 3.38. The van der Waals surface area contributed by atoms with E-state index in [0.717, 1.165) is 11.5 Å². The van der Waals surface area contributed by atoms with Crippen LogP contribution in [0.1, 0.15) is 20.9 Å². The highest BCUT2D eigenvalue weighted by Gasteiger charge is 2.18. The molecule has 1 aromatic carbocycles. The van der Waals surface area contributed by atoms with Crippen molar-refractivity contribution in [3.63, 3.8) is 0 Å². The highest BCUT2D eigenvalue weighted by Crippen LogP contribution is 2.25. The SMILES string of the molecule is Cc1nnsc1C(=O)c1cc(Cl)ccc1Cl. The zero-order valence-electron chi connectivity index (χ0n) is 8.20. The smallest absolute Gasteiger partial charge is 0.208 e. The number of nitrogens with zero attached hydrogens (tertiary/aromatic N) is 2. The molecule has 82 valence electrons. The first-order valence-electron chi connectivity index (χ1n) is 4.38. The van der Waals surface area contributed by atoms with Gasteiger partial charge in [0.25, 0.3) is 0 Å². The Morgan fingerprint density at radius 3 is 2.75 bits per heavy atom. The molecule has 0 N–H and O–H groups in total. The first kappa shape index (κ1) is 11.5. The summed E-state index contributed by atoms with van der Waals surface area (Å²) < 4.78 is 3.72. The zero-order valence-corrected chi connectivity index (χ0v) is 10.5. The molecule has 16 heavy (non-hydrogen) atoms. The zero-order chi connectivity index (χ0) is 11.7. The Labute approximate surface area is 106 Å². The molecule has 3 nitrogen and oxygen atoms in total. The number of rotatable bonds is 2. The summed E-state index contributed by atoms with van der Waals surface area (Å²) in [6.07, 6.45) is 0. The summed E-state index contributed by atoms with van der Waals surface area (Å²) in [5, 5.41) is 4.64. The van der Waals surface area contributed by atoms with E-state index < -0.39 is 0 Å². The Hall–Kier alpha value is -0.970. The maximum absolute atomic E-state index is 12.1. The van der Waals surface area contributed by atoms with Crippen LogP contribution in [-0.2, 0) is 0 Å². The van der Waals surface area contributed by atoms with Crippen LogP contribution in [0.4, 0.5) is 0 Å². The first-order valence-corrected chi connectivity index (χ1v) is 5.91. The fraction of sp³-hybridized carbons (Fsp3) is 0.100. The number of ketones is 1. The van der Waals surface area contributed by atoms with E-state index in [1.54, 1.807) is 25.1 Å². The number of hydrogen-bond donors (Lipinski definition) is 0. The molecule has 0 unspecified atom stereocenters. The Balaban J connectivity index is 2.49. The van der Waals surface area contributed by atoms with E-state index in [1.165, 1.54) is 0 Å². The van der Waals surface area contributed by atoms with E-state index in [9.17, 15) is 4.79 Å². The molecule has 0 amide bonds. The minimum atomic E-state index is -0.194. The summed E-state index contributed by atoms with van der Waals surface area (Å²) >= 11 is 12.8. The van der Waals surface area contributed by atoms with E-state index in [4.69, 9.17) is 23.2 Å². The molecule has 0 saturated carbocycles. The maximum atomic E-state index is 12.1. The van der Waals surface area contributed by atoms with Crippen molar-refractivity contribution in [1.82, 2.24) is 9.59 Å². The van der Waals surface area contributed by atoms with Crippen molar-refractivity contribution < 1.29 is 4.79 Å². The molecule has 0 aliphatic heterocycles. The van der Waals surface area contributed by atoms with Crippen LogP contribution < -0.4 is 0 Å². The predicted molar refractivity (Wildman–Crippen MR) is 64.5 cm³/mol. The van der Waals surface area contributed by atoms with Gasteiger partial charge in [-0.2, -0.15) is 0 Å². The Kier molecular flexibility index (Phi) is 3.23. The van der Waals surface area contributed by atoms with Gasteiger partial charge < -0.3 is 0 Å². The largest absolute Gasteiger partial charge is 0.288 e. The molecule has 2 aromatic rings. The van der Waals surface area contributed by atoms with E-state index in [1.807, 2.05) is 0 Å². The van der Waals surface area contributed by atoms with Crippen LogP contribution >= 0.6 is 34.7 Å². The van der Waals surface area contributed by atoms with Gasteiger partial charge in [0.05, 0.1) is 10.7 Å². The molecule has 0 aliphatic carbocycles. The number of halogens is 2. The van der Waals surface area contributed by atoms with Crippen LogP contribution in [0.2, 0.25) is 10.0 Å². The minimum Gasteiger partial charge on any atom is -0.288 e. The molecule has 0 fully saturated rings. The summed E-state index contributed by atoms with van der Waals surface area (Å²) in [5.41, 5.74) is 0.981. The molecule has 0 aliphatic rings. The van der Waals surface area contributed by atoms with Gasteiger partial charge in [-0.05, 0) is 36.7 Å². The van der Waals surface area contributed by atoms with Crippen LogP contribution in [0, 0.1) is 6.92 Å². The minimum absolute atomic E-state index is 0.194. The third-order valence-corrected chi connectivity index (χ3v) is 3.42. The second-order valence-electron chi connectivity index (χ2n) is 3.14. The third kappa shape index (κ3) is 2.09. The number of benzene rings is 1. The van der Waals surface area contributed by atoms with Crippen molar-refractivity contribution in [2.75, 3.05) is 0 Å². The van der Waals surface area contributed by atoms with Gasteiger partial charge >= 0.3 is 0 Å². The molecule has 2 rings (SSSR count). The van der Waals surface area contributed by atoms with Gasteiger partial charge in [0.2, 0.25) is 5.78 Å². The number of carbonyl (C=O) groups is 1. The van der Waals surface area contributed by atoms with E-state index in [0.29, 0.717) is 26.2 Å². The van der Waals surface area contributed by atoms with Crippen molar-refractivity contribution in [3.05, 3.63) is 44.4 Å². The number of hydrogen-bond acceptors (Lipinski definition) is 4. The quantitative estimate of drug-likeness (QED) is 0.788. The number of carbonyl (C=O) groups excluding carboxylic acids is 1. The monoisotopic (exact) mass is 272 g/mol. The van der Waals surface area contributed by atoms with Crippen LogP contribution in [0.25, 0.3) is 0 Å². The van der Waals surface area contributed by atoms with Gasteiger partial charge in [-0.3, -0.25) is 4.79 Å². The normalized spacial score (nSPS) is 10.4. The van der Waals surface area contributed by atoms with E-state index in [-0.39, 0.29) is 5.78 Å². The molecule has 0 saturated heterocycles. The van der Waals surface area contributed by atoms with Gasteiger partial charge in [-0.15, -0.1) is 5.10 Å². The average molecular weight is 273 g/mol. The van der Waals surface area contributed by atoms with Gasteiger partial charge in [0.1, 0.15) is 4.88 Å². The second-order valence-corrected chi connectivity index (χ2v) is 4.74. The van der Waals surface area contributed by atoms with Crippen molar-refractivity contribution in [1.29, 1.82) is 0 Å². The molecular formula is C10H6Cl2N2OS. The topological polar surface area (TPSA) is 42.9 Å². The lowest BCUT2D eigenvalue weighted by atomic mass is 10.1. The van der Waals surface area contributed by atoms with Crippen molar-refractivity contribution >= 4 is 40.5 Å². The maximum Gasteiger partial charge on any atom is 0.208 e.